The largest absolute Gasteiger partial charge is 0.398 e. The smallest absolute Gasteiger partial charge is 0.243 e. The average molecular weight is 445 g/mol. The van der Waals surface area contributed by atoms with Crippen LogP contribution in [0.15, 0.2) is 59.8 Å². The molecule has 0 radical (unpaired) electrons. The monoisotopic (exact) mass is 444 g/mol. The third kappa shape index (κ3) is 3.98. The Morgan fingerprint density at radius 1 is 1.20 bits per heavy atom. The molecule has 3 N–H and O–H groups in total. The maximum Gasteiger partial charge on any atom is 0.243 e. The first-order chi connectivity index (χ1) is 14.4. The molecule has 0 spiro atoms. The number of para-hydroxylation sites is 1. The van der Waals surface area contributed by atoms with Gasteiger partial charge in [-0.1, -0.05) is 41.9 Å². The molecule has 3 aromatic rings. The number of nitrogens with two attached hydrogens (primary N) is 1. The van der Waals surface area contributed by atoms with Crippen molar-refractivity contribution in [2.24, 2.45) is 0 Å². The van der Waals surface area contributed by atoms with Gasteiger partial charge in [0.15, 0.2) is 0 Å². The first-order valence-electron chi connectivity index (χ1n) is 9.51. The highest BCUT2D eigenvalue weighted by Gasteiger charge is 2.34. The van der Waals surface area contributed by atoms with E-state index in [9.17, 15) is 13.2 Å². The van der Waals surface area contributed by atoms with Crippen LogP contribution in [0.25, 0.3) is 10.8 Å². The van der Waals surface area contributed by atoms with Crippen LogP contribution in [0.4, 0.5) is 5.69 Å². The minimum atomic E-state index is -3.77. The van der Waals surface area contributed by atoms with Crippen LogP contribution >= 0.6 is 11.6 Å². The van der Waals surface area contributed by atoms with Crippen molar-refractivity contribution in [3.63, 3.8) is 0 Å². The highest BCUT2D eigenvalue weighted by molar-refractivity contribution is 7.89. The lowest BCUT2D eigenvalue weighted by molar-refractivity contribution is -0.121. The number of sulfonamides is 1. The third-order valence-corrected chi connectivity index (χ3v) is 7.43. The molecular weight excluding hydrogens is 424 g/mol. The summed E-state index contributed by atoms with van der Waals surface area (Å²) >= 11 is 6.25. The summed E-state index contributed by atoms with van der Waals surface area (Å²) in [5.74, 6) is -0.184. The van der Waals surface area contributed by atoms with Crippen molar-refractivity contribution in [1.82, 2.24) is 14.6 Å². The number of nitrogens with one attached hydrogen (secondary N) is 1. The fourth-order valence-corrected chi connectivity index (χ4v) is 5.78. The minimum absolute atomic E-state index is 0.149. The maximum atomic E-state index is 13.3. The molecule has 7 nitrogen and oxygen atoms in total. The molecule has 1 aliphatic heterocycles. The number of halogens is 1. The first kappa shape index (κ1) is 20.6. The maximum absolute atomic E-state index is 13.3. The quantitative estimate of drug-likeness (QED) is 0.588. The number of nitrogen functional groups attached to an aromatic ring is 1. The SMILES string of the molecule is Nc1ccccc1CC(=O)NC1CCN(S(=O)(=O)c2cccc3cncc(Cl)c23)C1. The van der Waals surface area contributed by atoms with Crippen molar-refractivity contribution in [2.45, 2.75) is 23.8 Å². The molecule has 4 rings (SSSR count). The van der Waals surface area contributed by atoms with Crippen LogP contribution in [-0.4, -0.2) is 42.7 Å². The van der Waals surface area contributed by atoms with Crippen molar-refractivity contribution in [3.05, 3.63) is 65.4 Å². The zero-order chi connectivity index (χ0) is 21.3. The van der Waals surface area contributed by atoms with Gasteiger partial charge in [-0.3, -0.25) is 9.78 Å². The van der Waals surface area contributed by atoms with E-state index in [0.717, 1.165) is 5.56 Å². The second-order valence-electron chi connectivity index (χ2n) is 7.27. The van der Waals surface area contributed by atoms with Crippen molar-refractivity contribution in [2.75, 3.05) is 18.8 Å². The highest BCUT2D eigenvalue weighted by atomic mass is 35.5. The molecule has 0 aliphatic carbocycles. The molecule has 1 amide bonds. The van der Waals surface area contributed by atoms with E-state index >= 15 is 0 Å². The number of anilines is 1. The predicted octanol–water partition coefficient (Wildman–Crippen LogP) is 2.59. The van der Waals surface area contributed by atoms with Crippen molar-refractivity contribution >= 4 is 44.0 Å². The van der Waals surface area contributed by atoms with Gasteiger partial charge >= 0.3 is 0 Å². The Morgan fingerprint density at radius 2 is 2.00 bits per heavy atom. The molecule has 1 atom stereocenters. The Labute approximate surface area is 179 Å². The minimum Gasteiger partial charge on any atom is -0.398 e. The van der Waals surface area contributed by atoms with Crippen molar-refractivity contribution < 1.29 is 13.2 Å². The molecular formula is C21H21ClN4O3S. The number of benzene rings is 2. The molecule has 9 heteroatoms. The molecule has 30 heavy (non-hydrogen) atoms. The second-order valence-corrected chi connectivity index (χ2v) is 9.58. The number of aromatic nitrogens is 1. The van der Waals surface area contributed by atoms with Gasteiger partial charge in [0.05, 0.1) is 16.3 Å². The first-order valence-corrected chi connectivity index (χ1v) is 11.3. The molecule has 1 unspecified atom stereocenters. The van der Waals surface area contributed by atoms with Crippen LogP contribution in [0.3, 0.4) is 0 Å². The van der Waals surface area contributed by atoms with Crippen LogP contribution in [0.2, 0.25) is 5.02 Å². The Balaban J connectivity index is 1.49. The summed E-state index contributed by atoms with van der Waals surface area (Å²) in [4.78, 5) is 16.6. The van der Waals surface area contributed by atoms with E-state index in [-0.39, 0.29) is 34.8 Å². The number of hydrogen-bond acceptors (Lipinski definition) is 5. The number of rotatable bonds is 5. The summed E-state index contributed by atoms with van der Waals surface area (Å²) in [5, 5.41) is 4.33. The van der Waals surface area contributed by atoms with Gasteiger partial charge in [0.25, 0.3) is 0 Å². The number of carbonyl (C=O) groups excluding carboxylic acids is 1. The normalized spacial score (nSPS) is 17.3. The molecule has 0 saturated carbocycles. The molecule has 2 aromatic carbocycles. The molecule has 2 heterocycles. The van der Waals surface area contributed by atoms with Gasteiger partial charge in [-0.15, -0.1) is 0 Å². The standard InChI is InChI=1S/C21H21ClN4O3S/c22-17-12-24-11-15-5-3-7-19(21(15)17)30(28,29)26-9-8-16(13-26)25-20(27)10-14-4-1-2-6-18(14)23/h1-7,11-12,16H,8-10,13,23H2,(H,25,27). The Morgan fingerprint density at radius 3 is 2.80 bits per heavy atom. The lowest BCUT2D eigenvalue weighted by atomic mass is 10.1. The summed E-state index contributed by atoms with van der Waals surface area (Å²) in [6.45, 7) is 0.525. The summed E-state index contributed by atoms with van der Waals surface area (Å²) in [6.07, 6.45) is 3.71. The Bertz CT molecular complexity index is 1210. The number of amides is 1. The van der Waals surface area contributed by atoms with Gasteiger partial charge in [-0.2, -0.15) is 4.31 Å². The summed E-state index contributed by atoms with van der Waals surface area (Å²) in [5.41, 5.74) is 7.20. The number of fused-ring (bicyclic) bond motifs is 1. The topological polar surface area (TPSA) is 105 Å². The Hall–Kier alpha value is -2.68. The van der Waals surface area contributed by atoms with Gasteiger partial charge in [-0.05, 0) is 24.1 Å². The molecule has 156 valence electrons. The molecule has 1 fully saturated rings. The number of pyridine rings is 1. The lowest BCUT2D eigenvalue weighted by Crippen LogP contribution is -2.39. The second kappa shape index (κ2) is 8.22. The van der Waals surface area contributed by atoms with E-state index in [2.05, 4.69) is 10.3 Å². The molecule has 1 aliphatic rings. The molecule has 0 bridgehead atoms. The summed E-state index contributed by atoms with van der Waals surface area (Å²) in [6, 6.07) is 11.9. The van der Waals surface area contributed by atoms with E-state index in [1.807, 2.05) is 12.1 Å². The Kier molecular flexibility index (Phi) is 5.64. The molecule has 1 aromatic heterocycles. The predicted molar refractivity (Wildman–Crippen MR) is 117 cm³/mol. The number of carbonyl (C=O) groups is 1. The third-order valence-electron chi connectivity index (χ3n) is 5.24. The van der Waals surface area contributed by atoms with E-state index in [0.29, 0.717) is 29.4 Å². The van der Waals surface area contributed by atoms with Gasteiger partial charge in [-0.25, -0.2) is 8.42 Å². The van der Waals surface area contributed by atoms with Crippen LogP contribution in [0, 0.1) is 0 Å². The molecule has 1 saturated heterocycles. The van der Waals surface area contributed by atoms with E-state index in [4.69, 9.17) is 17.3 Å². The fraction of sp³-hybridized carbons (Fsp3) is 0.238. The number of hydrogen-bond donors (Lipinski definition) is 2. The van der Waals surface area contributed by atoms with E-state index < -0.39 is 10.0 Å². The van der Waals surface area contributed by atoms with Crippen LogP contribution in [0.1, 0.15) is 12.0 Å². The van der Waals surface area contributed by atoms with Gasteiger partial charge < -0.3 is 11.1 Å². The zero-order valence-corrected chi connectivity index (χ0v) is 17.7. The van der Waals surface area contributed by atoms with Crippen LogP contribution in [-0.2, 0) is 21.2 Å². The van der Waals surface area contributed by atoms with E-state index in [1.165, 1.54) is 10.5 Å². The lowest BCUT2D eigenvalue weighted by Gasteiger charge is -2.19. The van der Waals surface area contributed by atoms with Crippen molar-refractivity contribution in [3.8, 4) is 0 Å². The van der Waals surface area contributed by atoms with Gasteiger partial charge in [0.1, 0.15) is 0 Å². The highest BCUT2D eigenvalue weighted by Crippen LogP contribution is 2.32. The fourth-order valence-electron chi connectivity index (χ4n) is 3.72. The summed E-state index contributed by atoms with van der Waals surface area (Å²) < 4.78 is 28.0. The van der Waals surface area contributed by atoms with Gasteiger partial charge in [0, 0.05) is 48.0 Å². The van der Waals surface area contributed by atoms with Crippen LogP contribution < -0.4 is 11.1 Å². The zero-order valence-electron chi connectivity index (χ0n) is 16.1. The van der Waals surface area contributed by atoms with Crippen LogP contribution in [0.5, 0.6) is 0 Å². The summed E-state index contributed by atoms with van der Waals surface area (Å²) in [7, 11) is -3.77. The average Bonchev–Trinajstić information content (AvgIpc) is 3.19. The number of nitrogens with zero attached hydrogens (tertiary/aromatic N) is 2. The van der Waals surface area contributed by atoms with E-state index in [1.54, 1.807) is 36.5 Å². The van der Waals surface area contributed by atoms with Crippen molar-refractivity contribution in [1.29, 1.82) is 0 Å². The van der Waals surface area contributed by atoms with Gasteiger partial charge in [0.2, 0.25) is 15.9 Å².